The second kappa shape index (κ2) is 5.41. The van der Waals surface area contributed by atoms with Gasteiger partial charge in [-0.3, -0.25) is 0 Å². The molecule has 13 heavy (non-hydrogen) atoms. The van der Waals surface area contributed by atoms with E-state index in [4.69, 9.17) is 0 Å². The zero-order valence-electron chi connectivity index (χ0n) is 8.80. The molecule has 1 heteroatoms. The molecule has 2 atom stereocenters. The Bertz CT molecular complexity index is 161. The minimum Gasteiger partial charge on any atom is -0.243 e. The Labute approximate surface area is 81.2 Å². The molecule has 0 radical (unpaired) electrons. The summed E-state index contributed by atoms with van der Waals surface area (Å²) in [5, 5.41) is 0. The van der Waals surface area contributed by atoms with Gasteiger partial charge in [-0.1, -0.05) is 38.8 Å². The fourth-order valence-electron chi connectivity index (χ4n) is 1.92. The summed E-state index contributed by atoms with van der Waals surface area (Å²) in [6.07, 6.45) is 8.52. The van der Waals surface area contributed by atoms with E-state index in [0.29, 0.717) is 5.92 Å². The van der Waals surface area contributed by atoms with E-state index in [1.54, 1.807) is 6.08 Å². The molecule has 1 unspecified atom stereocenters. The zero-order valence-corrected chi connectivity index (χ0v) is 8.80. The number of alkyl halides is 1. The first-order valence-electron chi connectivity index (χ1n) is 5.49. The van der Waals surface area contributed by atoms with Crippen LogP contribution in [0.2, 0.25) is 0 Å². The van der Waals surface area contributed by atoms with Crippen LogP contribution in [-0.2, 0) is 0 Å². The summed E-state index contributed by atoms with van der Waals surface area (Å²) in [5.74, 6) is 1.38. The van der Waals surface area contributed by atoms with Crippen molar-refractivity contribution in [2.45, 2.75) is 52.1 Å². The third kappa shape index (κ3) is 4.44. The van der Waals surface area contributed by atoms with E-state index >= 15 is 0 Å². The minimum atomic E-state index is -0.681. The van der Waals surface area contributed by atoms with E-state index in [2.05, 4.69) is 13.8 Å². The SMILES string of the molecule is CC(C)CCC1CCC=C[C@@H](F)C1. The lowest BCUT2D eigenvalue weighted by Crippen LogP contribution is -2.07. The van der Waals surface area contributed by atoms with Crippen LogP contribution in [0.3, 0.4) is 0 Å². The zero-order chi connectivity index (χ0) is 9.68. The summed E-state index contributed by atoms with van der Waals surface area (Å²) >= 11 is 0. The van der Waals surface area contributed by atoms with Gasteiger partial charge in [-0.05, 0) is 31.1 Å². The topological polar surface area (TPSA) is 0 Å². The molecule has 0 aromatic rings. The molecule has 0 saturated carbocycles. The highest BCUT2D eigenvalue weighted by molar-refractivity contribution is 4.93. The van der Waals surface area contributed by atoms with Crippen molar-refractivity contribution in [2.75, 3.05) is 0 Å². The molecular weight excluding hydrogens is 163 g/mol. The molecular formula is C12H21F. The van der Waals surface area contributed by atoms with Gasteiger partial charge in [-0.2, -0.15) is 0 Å². The Hall–Kier alpha value is -0.330. The van der Waals surface area contributed by atoms with Crippen molar-refractivity contribution in [1.29, 1.82) is 0 Å². The van der Waals surface area contributed by atoms with E-state index in [1.807, 2.05) is 6.08 Å². The summed E-state index contributed by atoms with van der Waals surface area (Å²) in [5.41, 5.74) is 0. The monoisotopic (exact) mass is 184 g/mol. The van der Waals surface area contributed by atoms with Gasteiger partial charge in [-0.15, -0.1) is 0 Å². The molecule has 0 saturated heterocycles. The average Bonchev–Trinajstić information content (AvgIpc) is 2.26. The van der Waals surface area contributed by atoms with Gasteiger partial charge < -0.3 is 0 Å². The molecule has 76 valence electrons. The van der Waals surface area contributed by atoms with E-state index in [0.717, 1.165) is 18.8 Å². The standard InChI is InChI=1S/C12H21F/c1-10(2)7-8-11-5-3-4-6-12(13)9-11/h4,6,10-12H,3,5,7-9H2,1-2H3/t11?,12-/m1/s1. The second-order valence-electron chi connectivity index (χ2n) is 4.59. The predicted molar refractivity (Wildman–Crippen MR) is 55.4 cm³/mol. The molecule has 0 nitrogen and oxygen atoms in total. The number of allylic oxidation sites excluding steroid dienone is 2. The van der Waals surface area contributed by atoms with Crippen molar-refractivity contribution in [3.8, 4) is 0 Å². The smallest absolute Gasteiger partial charge is 0.119 e. The van der Waals surface area contributed by atoms with Gasteiger partial charge in [0.25, 0.3) is 0 Å². The fourth-order valence-corrected chi connectivity index (χ4v) is 1.92. The number of halogens is 1. The summed E-state index contributed by atoms with van der Waals surface area (Å²) in [4.78, 5) is 0. The first-order chi connectivity index (χ1) is 6.18. The van der Waals surface area contributed by atoms with Crippen molar-refractivity contribution in [3.63, 3.8) is 0 Å². The number of rotatable bonds is 3. The first-order valence-corrected chi connectivity index (χ1v) is 5.49. The molecule has 0 N–H and O–H groups in total. The van der Waals surface area contributed by atoms with Gasteiger partial charge >= 0.3 is 0 Å². The highest BCUT2D eigenvalue weighted by Gasteiger charge is 2.16. The average molecular weight is 184 g/mol. The van der Waals surface area contributed by atoms with Crippen molar-refractivity contribution < 1.29 is 4.39 Å². The Balaban J connectivity index is 2.26. The van der Waals surface area contributed by atoms with Gasteiger partial charge in [0, 0.05) is 0 Å². The third-order valence-corrected chi connectivity index (χ3v) is 2.80. The van der Waals surface area contributed by atoms with Crippen LogP contribution in [0.5, 0.6) is 0 Å². The Kier molecular flexibility index (Phi) is 4.47. The van der Waals surface area contributed by atoms with E-state index < -0.39 is 6.17 Å². The highest BCUT2D eigenvalue weighted by atomic mass is 19.1. The van der Waals surface area contributed by atoms with Gasteiger partial charge in [0.1, 0.15) is 6.17 Å². The Morgan fingerprint density at radius 3 is 2.92 bits per heavy atom. The lowest BCUT2D eigenvalue weighted by molar-refractivity contribution is 0.293. The molecule has 1 aliphatic rings. The minimum absolute atomic E-state index is 0.618. The first kappa shape index (κ1) is 10.7. The summed E-state index contributed by atoms with van der Waals surface area (Å²) in [6, 6.07) is 0. The van der Waals surface area contributed by atoms with Crippen LogP contribution in [0.4, 0.5) is 4.39 Å². The summed E-state index contributed by atoms with van der Waals surface area (Å²) < 4.78 is 13.1. The normalized spacial score (nSPS) is 29.2. The maximum Gasteiger partial charge on any atom is 0.119 e. The lowest BCUT2D eigenvalue weighted by Gasteiger charge is -2.16. The molecule has 0 spiro atoms. The van der Waals surface area contributed by atoms with Gasteiger partial charge in [0.05, 0.1) is 0 Å². The van der Waals surface area contributed by atoms with Crippen LogP contribution in [0, 0.1) is 11.8 Å². The van der Waals surface area contributed by atoms with Gasteiger partial charge in [0.15, 0.2) is 0 Å². The molecule has 0 aliphatic heterocycles. The molecule has 0 amide bonds. The van der Waals surface area contributed by atoms with Gasteiger partial charge in [0.2, 0.25) is 0 Å². The van der Waals surface area contributed by atoms with Crippen molar-refractivity contribution in [1.82, 2.24) is 0 Å². The van der Waals surface area contributed by atoms with Crippen molar-refractivity contribution in [3.05, 3.63) is 12.2 Å². The molecule has 0 aromatic heterocycles. The predicted octanol–water partition coefficient (Wildman–Crippen LogP) is 4.12. The van der Waals surface area contributed by atoms with E-state index in [1.165, 1.54) is 19.3 Å². The largest absolute Gasteiger partial charge is 0.243 e. The van der Waals surface area contributed by atoms with E-state index in [-0.39, 0.29) is 0 Å². The van der Waals surface area contributed by atoms with Crippen LogP contribution >= 0.6 is 0 Å². The second-order valence-corrected chi connectivity index (χ2v) is 4.59. The van der Waals surface area contributed by atoms with E-state index in [9.17, 15) is 4.39 Å². The van der Waals surface area contributed by atoms with Crippen LogP contribution in [-0.4, -0.2) is 6.17 Å². The third-order valence-electron chi connectivity index (χ3n) is 2.80. The Morgan fingerprint density at radius 1 is 1.46 bits per heavy atom. The maximum atomic E-state index is 13.1. The molecule has 0 fully saturated rings. The molecule has 0 bridgehead atoms. The maximum absolute atomic E-state index is 13.1. The highest BCUT2D eigenvalue weighted by Crippen LogP contribution is 2.26. The van der Waals surface area contributed by atoms with Crippen molar-refractivity contribution >= 4 is 0 Å². The van der Waals surface area contributed by atoms with Crippen LogP contribution in [0.25, 0.3) is 0 Å². The summed E-state index contributed by atoms with van der Waals surface area (Å²) in [7, 11) is 0. The molecule has 0 aromatic carbocycles. The molecule has 0 heterocycles. The van der Waals surface area contributed by atoms with Crippen LogP contribution < -0.4 is 0 Å². The molecule has 1 rings (SSSR count). The molecule has 1 aliphatic carbocycles. The van der Waals surface area contributed by atoms with Gasteiger partial charge in [-0.25, -0.2) is 4.39 Å². The Morgan fingerprint density at radius 2 is 2.23 bits per heavy atom. The summed E-state index contributed by atoms with van der Waals surface area (Å²) in [6.45, 7) is 4.48. The number of hydrogen-bond donors (Lipinski definition) is 0. The van der Waals surface area contributed by atoms with Crippen molar-refractivity contribution in [2.24, 2.45) is 11.8 Å². The van der Waals surface area contributed by atoms with Crippen LogP contribution in [0.15, 0.2) is 12.2 Å². The fraction of sp³-hybridized carbons (Fsp3) is 0.833. The van der Waals surface area contributed by atoms with Crippen LogP contribution in [0.1, 0.15) is 46.0 Å². The lowest BCUT2D eigenvalue weighted by atomic mass is 9.91. The number of hydrogen-bond acceptors (Lipinski definition) is 0. The quantitative estimate of drug-likeness (QED) is 0.579.